The second kappa shape index (κ2) is 8.33. The van der Waals surface area contributed by atoms with E-state index in [9.17, 15) is 0 Å². The molecule has 4 heteroatoms. The first-order chi connectivity index (χ1) is 28.2. The van der Waals surface area contributed by atoms with Gasteiger partial charge in [0.05, 0.1) is 26.9 Å². The number of nitrogens with zero attached hydrogens (tertiary/aromatic N) is 1. The van der Waals surface area contributed by atoms with Gasteiger partial charge in [-0.2, -0.15) is 0 Å². The van der Waals surface area contributed by atoms with E-state index in [0.29, 0.717) is 37.6 Å². The largest absolute Gasteiger partial charge is 0.496 e. The van der Waals surface area contributed by atoms with Gasteiger partial charge in [0.25, 0.3) is 0 Å². The molecule has 1 heterocycles. The Bertz CT molecular complexity index is 4020. The predicted molar refractivity (Wildman–Crippen MR) is 231 cm³/mol. The van der Waals surface area contributed by atoms with Crippen molar-refractivity contribution in [2.75, 3.05) is 47.1 Å². The SMILES string of the molecule is COCCOCCN1CC2C3=c4c5c6c7c8c9c(cc%10cc%11cc%12cc%13c%14c(c4c6c4c%14c%12c6c%11c%10c9c7c64)=C(C3)C%13)=CC3CC2(C=5C83)C1c1ccccc1OC. The highest BCUT2D eigenvalue weighted by Crippen LogP contribution is 2.74. The Labute approximate surface area is 325 Å². The molecule has 270 valence electrons. The maximum atomic E-state index is 6.34. The van der Waals surface area contributed by atoms with E-state index in [1.165, 1.54) is 33.4 Å². The van der Waals surface area contributed by atoms with Crippen LogP contribution in [-0.4, -0.2) is 52.0 Å². The van der Waals surface area contributed by atoms with E-state index in [-0.39, 0.29) is 11.5 Å². The number of methoxy groups -OCH3 is 2. The minimum absolute atomic E-state index is 0.0503. The number of rotatable bonds is 8. The molecule has 18 rings (SSSR count). The second-order valence-corrected chi connectivity index (χ2v) is 19.3. The summed E-state index contributed by atoms with van der Waals surface area (Å²) in [5, 5.41) is 35.0. The highest BCUT2D eigenvalue weighted by atomic mass is 16.5. The summed E-state index contributed by atoms with van der Waals surface area (Å²) in [6.07, 6.45) is 6.17. The summed E-state index contributed by atoms with van der Waals surface area (Å²) in [5.41, 5.74) is 9.85. The zero-order valence-corrected chi connectivity index (χ0v) is 31.8. The number of ether oxygens (including phenoxy) is 3. The number of hydrogen-bond donors (Lipinski definition) is 0. The van der Waals surface area contributed by atoms with Gasteiger partial charge in [-0.1, -0.05) is 41.5 Å². The van der Waals surface area contributed by atoms with Crippen LogP contribution in [0.15, 0.2) is 48.5 Å². The first-order valence-electron chi connectivity index (χ1n) is 21.4. The molecule has 0 amide bonds. The van der Waals surface area contributed by atoms with Crippen LogP contribution in [0.3, 0.4) is 0 Å². The van der Waals surface area contributed by atoms with Crippen LogP contribution in [0, 0.1) is 17.3 Å². The summed E-state index contributed by atoms with van der Waals surface area (Å²) in [6, 6.07) is 19.6. The van der Waals surface area contributed by atoms with Crippen LogP contribution in [0.1, 0.15) is 41.5 Å². The van der Waals surface area contributed by atoms with Gasteiger partial charge in [0.1, 0.15) is 5.75 Å². The lowest BCUT2D eigenvalue weighted by atomic mass is 9.59. The zero-order chi connectivity index (χ0) is 36.3. The van der Waals surface area contributed by atoms with E-state index in [1.807, 2.05) is 7.11 Å². The number of hydrogen-bond acceptors (Lipinski definition) is 4. The lowest BCUT2D eigenvalue weighted by molar-refractivity contribution is 0.0511. The van der Waals surface area contributed by atoms with Crippen molar-refractivity contribution in [2.45, 2.75) is 31.2 Å². The number of fused-ring (bicyclic) bond motifs is 1. The van der Waals surface area contributed by atoms with Gasteiger partial charge in [-0.15, -0.1) is 0 Å². The van der Waals surface area contributed by atoms with E-state index >= 15 is 0 Å². The van der Waals surface area contributed by atoms with Gasteiger partial charge in [-0.25, -0.2) is 0 Å². The fourth-order valence-electron chi connectivity index (χ4n) is 16.7. The van der Waals surface area contributed by atoms with Crippen molar-refractivity contribution in [1.29, 1.82) is 0 Å². The van der Waals surface area contributed by atoms with Crippen LogP contribution in [0.5, 0.6) is 5.75 Å². The quantitative estimate of drug-likeness (QED) is 0.118. The summed E-state index contributed by atoms with van der Waals surface area (Å²) in [6.45, 7) is 3.92. The van der Waals surface area contributed by atoms with Gasteiger partial charge in [0.15, 0.2) is 0 Å². The van der Waals surface area contributed by atoms with Crippen LogP contribution in [-0.2, 0) is 15.9 Å². The fourth-order valence-corrected chi connectivity index (χ4v) is 16.7. The maximum Gasteiger partial charge on any atom is 0.123 e. The lowest BCUT2D eigenvalue weighted by Crippen LogP contribution is -2.47. The van der Waals surface area contributed by atoms with Crippen molar-refractivity contribution in [3.8, 4) is 5.75 Å². The first kappa shape index (κ1) is 28.2. The Morgan fingerprint density at radius 3 is 2.32 bits per heavy atom. The van der Waals surface area contributed by atoms with Crippen LogP contribution in [0.25, 0.3) is 120 Å². The lowest BCUT2D eigenvalue weighted by Gasteiger charge is -2.44. The van der Waals surface area contributed by atoms with Crippen molar-refractivity contribution >= 4 is 120 Å². The molecule has 6 aliphatic carbocycles. The second-order valence-electron chi connectivity index (χ2n) is 19.3. The third-order valence-corrected chi connectivity index (χ3v) is 17.7. The highest BCUT2D eigenvalue weighted by Gasteiger charge is 2.67. The van der Waals surface area contributed by atoms with Gasteiger partial charge in [-0.3, -0.25) is 4.90 Å². The molecule has 0 radical (unpaired) electrons. The molecule has 1 aliphatic heterocycles. The number of para-hydroxylation sites is 1. The van der Waals surface area contributed by atoms with Crippen LogP contribution >= 0.6 is 0 Å². The Balaban J connectivity index is 1.10. The summed E-state index contributed by atoms with van der Waals surface area (Å²) in [4.78, 5) is 2.85. The fraction of sp³-hybridized carbons (Fsp3) is 0.283. The normalized spacial score (nSPS) is 26.6. The van der Waals surface area contributed by atoms with E-state index in [4.69, 9.17) is 14.2 Å². The molecule has 1 saturated carbocycles. The predicted octanol–water partition coefficient (Wildman–Crippen LogP) is 7.80. The maximum absolute atomic E-state index is 6.34. The molecular weight excluding hydrogens is 699 g/mol. The van der Waals surface area contributed by atoms with Crippen LogP contribution in [0.2, 0.25) is 0 Å². The summed E-state index contributed by atoms with van der Waals surface area (Å²) in [5.74, 6) is 2.33. The minimum Gasteiger partial charge on any atom is -0.496 e. The molecule has 0 N–H and O–H groups in total. The van der Waals surface area contributed by atoms with E-state index in [0.717, 1.165) is 31.7 Å². The van der Waals surface area contributed by atoms with Crippen molar-refractivity contribution in [1.82, 2.24) is 4.90 Å². The van der Waals surface area contributed by atoms with Gasteiger partial charge < -0.3 is 14.2 Å². The third kappa shape index (κ3) is 2.45. The molecule has 1 spiro atoms. The number of likely N-dealkylation sites (tertiary alicyclic amines) is 1. The molecule has 2 fully saturated rings. The molecule has 1 saturated heterocycles. The third-order valence-electron chi connectivity index (χ3n) is 17.7. The molecule has 0 bridgehead atoms. The van der Waals surface area contributed by atoms with E-state index in [2.05, 4.69) is 59.5 Å². The highest BCUT2D eigenvalue weighted by molar-refractivity contribution is 6.59. The summed E-state index contributed by atoms with van der Waals surface area (Å²) < 4.78 is 18.0. The zero-order valence-electron chi connectivity index (χ0n) is 31.8. The average Bonchev–Trinajstić information content (AvgIpc) is 4.08. The molecule has 5 unspecified atom stereocenters. The Kier molecular flexibility index (Phi) is 4.12. The van der Waals surface area contributed by atoms with E-state index < -0.39 is 0 Å². The van der Waals surface area contributed by atoms with Crippen molar-refractivity contribution in [2.24, 2.45) is 17.3 Å². The average molecular weight is 734 g/mol. The molecule has 11 aromatic rings. The first-order valence-corrected chi connectivity index (χ1v) is 21.4. The van der Waals surface area contributed by atoms with Crippen molar-refractivity contribution < 1.29 is 14.2 Å². The van der Waals surface area contributed by atoms with Crippen molar-refractivity contribution in [3.63, 3.8) is 0 Å². The van der Waals surface area contributed by atoms with E-state index in [1.54, 1.807) is 131 Å². The molecular formula is C53H35NO3. The van der Waals surface area contributed by atoms with Gasteiger partial charge in [0, 0.05) is 49.1 Å². The summed E-state index contributed by atoms with van der Waals surface area (Å²) in [7, 11) is 3.64. The van der Waals surface area contributed by atoms with Gasteiger partial charge >= 0.3 is 0 Å². The monoisotopic (exact) mass is 733 g/mol. The molecule has 0 aromatic heterocycles. The molecule has 57 heavy (non-hydrogen) atoms. The molecule has 5 atom stereocenters. The van der Waals surface area contributed by atoms with Crippen molar-refractivity contribution in [3.05, 3.63) is 86.1 Å². The smallest absolute Gasteiger partial charge is 0.123 e. The molecule has 7 aliphatic rings. The summed E-state index contributed by atoms with van der Waals surface area (Å²) >= 11 is 0. The van der Waals surface area contributed by atoms with Crippen LogP contribution in [0.4, 0.5) is 0 Å². The van der Waals surface area contributed by atoms with Crippen LogP contribution < -0.4 is 25.6 Å². The Morgan fingerprint density at radius 2 is 1.44 bits per heavy atom. The molecule has 4 nitrogen and oxygen atoms in total. The number of benzene rings is 7. The minimum atomic E-state index is -0.0503. The van der Waals surface area contributed by atoms with Gasteiger partial charge in [0.2, 0.25) is 0 Å². The van der Waals surface area contributed by atoms with Gasteiger partial charge in [-0.05, 0) is 184 Å². The Hall–Kier alpha value is -5.26. The molecule has 11 aromatic carbocycles. The standard InChI is InChI=1S/C53H35NO3/c1-55-9-10-57-8-7-54-19-29-28-17-25-15-22-13-23-12-20-11-21-14-24-16-26-18-53(29,52(54)27-5-3-4-6-30(27)56-2)51-37(26)42-36(24)41-32(21)31(20)39-35(23)40-33(22)34(25)43-38(28)50(51)49-47(42)45(41)44(39)46(40)48(43)49/h3-6,11-14,16,26,29,37,52H,7-10,15,17-19H2,1-2H3. The Morgan fingerprint density at radius 1 is 0.684 bits per heavy atom. The topological polar surface area (TPSA) is 30.9 Å².